The van der Waals surface area contributed by atoms with Gasteiger partial charge in [0.15, 0.2) is 11.5 Å². The van der Waals surface area contributed by atoms with Crippen molar-refractivity contribution in [2.45, 2.75) is 25.3 Å². The Morgan fingerprint density at radius 1 is 1.19 bits per heavy atom. The largest absolute Gasteiger partial charge is 0.504 e. The number of piperidine rings is 1. The molecule has 138 valence electrons. The maximum atomic E-state index is 12.7. The molecular formula is C20H24N2O4. The Balaban J connectivity index is 1.70. The normalized spacial score (nSPS) is 15.1. The van der Waals surface area contributed by atoms with Gasteiger partial charge in [0.05, 0.1) is 12.7 Å². The lowest BCUT2D eigenvalue weighted by Crippen LogP contribution is -2.38. The average Bonchev–Trinajstić information content (AvgIpc) is 2.69. The van der Waals surface area contributed by atoms with Gasteiger partial charge >= 0.3 is 0 Å². The van der Waals surface area contributed by atoms with Gasteiger partial charge in [0.25, 0.3) is 5.91 Å². The van der Waals surface area contributed by atoms with Gasteiger partial charge in [-0.2, -0.15) is 0 Å². The molecule has 4 N–H and O–H groups in total. The summed E-state index contributed by atoms with van der Waals surface area (Å²) < 4.78 is 4.94. The highest BCUT2D eigenvalue weighted by molar-refractivity contribution is 5.98. The van der Waals surface area contributed by atoms with Gasteiger partial charge in [-0.15, -0.1) is 0 Å². The molecule has 0 saturated carbocycles. The van der Waals surface area contributed by atoms with Crippen LogP contribution in [0.2, 0.25) is 0 Å². The number of carbonyl (C=O) groups is 1. The highest BCUT2D eigenvalue weighted by Crippen LogP contribution is 2.39. The minimum Gasteiger partial charge on any atom is -0.504 e. The number of phenols is 2. The molecule has 1 aliphatic heterocycles. The summed E-state index contributed by atoms with van der Waals surface area (Å²) in [5.41, 5.74) is 8.17. The van der Waals surface area contributed by atoms with Crippen molar-refractivity contribution in [1.29, 1.82) is 0 Å². The van der Waals surface area contributed by atoms with Crippen LogP contribution in [0.1, 0.15) is 40.2 Å². The summed E-state index contributed by atoms with van der Waals surface area (Å²) in [7, 11) is 1.39. The first kappa shape index (κ1) is 18.1. The summed E-state index contributed by atoms with van der Waals surface area (Å²) in [6.07, 6.45) is 1.70. The highest BCUT2D eigenvalue weighted by atomic mass is 16.5. The minimum atomic E-state index is -0.438. The number of nitrogens with zero attached hydrogens (tertiary/aromatic N) is 1. The molecule has 1 amide bonds. The summed E-state index contributed by atoms with van der Waals surface area (Å²) in [4.78, 5) is 14.4. The second kappa shape index (κ2) is 7.66. The smallest absolute Gasteiger partial charge is 0.257 e. The van der Waals surface area contributed by atoms with E-state index < -0.39 is 11.5 Å². The third kappa shape index (κ3) is 3.46. The molecule has 0 radical (unpaired) electrons. The van der Waals surface area contributed by atoms with Crippen LogP contribution in [0, 0.1) is 0 Å². The fourth-order valence-electron chi connectivity index (χ4n) is 3.46. The molecule has 0 aromatic heterocycles. The van der Waals surface area contributed by atoms with E-state index in [2.05, 4.69) is 12.1 Å². The van der Waals surface area contributed by atoms with Crippen molar-refractivity contribution in [2.24, 2.45) is 5.73 Å². The van der Waals surface area contributed by atoms with Crippen LogP contribution in [-0.4, -0.2) is 41.2 Å². The molecule has 26 heavy (non-hydrogen) atoms. The fraction of sp³-hybridized carbons (Fsp3) is 0.350. The van der Waals surface area contributed by atoms with E-state index in [4.69, 9.17) is 10.5 Å². The number of methoxy groups -OCH3 is 1. The molecule has 1 saturated heterocycles. The predicted octanol–water partition coefficient (Wildman–Crippen LogP) is 2.58. The van der Waals surface area contributed by atoms with Gasteiger partial charge in [-0.1, -0.05) is 24.3 Å². The van der Waals surface area contributed by atoms with E-state index in [0.717, 1.165) is 18.4 Å². The molecule has 1 aliphatic rings. The number of aromatic hydroxyl groups is 2. The van der Waals surface area contributed by atoms with Gasteiger partial charge in [0.1, 0.15) is 0 Å². The molecule has 0 atom stereocenters. The Morgan fingerprint density at radius 2 is 1.92 bits per heavy atom. The van der Waals surface area contributed by atoms with Crippen LogP contribution >= 0.6 is 0 Å². The molecule has 2 aromatic carbocycles. The van der Waals surface area contributed by atoms with Crippen molar-refractivity contribution in [3.8, 4) is 17.2 Å². The Morgan fingerprint density at radius 3 is 2.58 bits per heavy atom. The van der Waals surface area contributed by atoms with Crippen LogP contribution in [-0.2, 0) is 6.54 Å². The average molecular weight is 356 g/mol. The van der Waals surface area contributed by atoms with Crippen LogP contribution in [0.15, 0.2) is 36.4 Å². The van der Waals surface area contributed by atoms with Crippen molar-refractivity contribution in [1.82, 2.24) is 4.90 Å². The first-order valence-corrected chi connectivity index (χ1v) is 8.72. The molecule has 3 rings (SSSR count). The van der Waals surface area contributed by atoms with Crippen LogP contribution < -0.4 is 10.5 Å². The SMILES string of the molecule is COc1ccc(C(=O)N2CCC(c3cccc(CN)c3)CC2)c(O)c1O. The maximum absolute atomic E-state index is 12.7. The lowest BCUT2D eigenvalue weighted by molar-refractivity contribution is 0.0709. The Bertz CT molecular complexity index is 798. The molecule has 1 heterocycles. The van der Waals surface area contributed by atoms with E-state index >= 15 is 0 Å². The van der Waals surface area contributed by atoms with Crippen LogP contribution in [0.3, 0.4) is 0 Å². The molecule has 0 unspecified atom stereocenters. The second-order valence-corrected chi connectivity index (χ2v) is 6.53. The van der Waals surface area contributed by atoms with Gasteiger partial charge in [-0.05, 0) is 42.0 Å². The van der Waals surface area contributed by atoms with Crippen molar-refractivity contribution >= 4 is 5.91 Å². The van der Waals surface area contributed by atoms with E-state index in [1.807, 2.05) is 12.1 Å². The molecule has 1 fully saturated rings. The summed E-state index contributed by atoms with van der Waals surface area (Å²) in [5.74, 6) is -0.602. The van der Waals surface area contributed by atoms with E-state index in [-0.39, 0.29) is 17.2 Å². The van der Waals surface area contributed by atoms with Gasteiger partial charge in [-0.25, -0.2) is 0 Å². The van der Waals surface area contributed by atoms with Gasteiger partial charge < -0.3 is 25.6 Å². The minimum absolute atomic E-state index is 0.0897. The van der Waals surface area contributed by atoms with E-state index in [1.54, 1.807) is 4.90 Å². The number of ether oxygens (including phenoxy) is 1. The first-order chi connectivity index (χ1) is 12.5. The topological polar surface area (TPSA) is 96.0 Å². The summed E-state index contributed by atoms with van der Waals surface area (Å²) in [6, 6.07) is 11.2. The predicted molar refractivity (Wildman–Crippen MR) is 98.5 cm³/mol. The van der Waals surface area contributed by atoms with E-state index in [9.17, 15) is 15.0 Å². The van der Waals surface area contributed by atoms with Crippen LogP contribution in [0.5, 0.6) is 17.2 Å². The lowest BCUT2D eigenvalue weighted by Gasteiger charge is -2.32. The number of hydrogen-bond acceptors (Lipinski definition) is 5. The Hall–Kier alpha value is -2.73. The van der Waals surface area contributed by atoms with Crippen molar-refractivity contribution < 1.29 is 19.7 Å². The molecule has 0 spiro atoms. The van der Waals surface area contributed by atoms with Crippen LogP contribution in [0.4, 0.5) is 0 Å². The fourth-order valence-corrected chi connectivity index (χ4v) is 3.46. The number of rotatable bonds is 4. The number of nitrogens with two attached hydrogens (primary N) is 1. The van der Waals surface area contributed by atoms with Crippen molar-refractivity contribution in [3.05, 3.63) is 53.1 Å². The number of likely N-dealkylation sites (tertiary alicyclic amines) is 1. The second-order valence-electron chi connectivity index (χ2n) is 6.53. The van der Waals surface area contributed by atoms with E-state index in [0.29, 0.717) is 25.6 Å². The van der Waals surface area contributed by atoms with Crippen molar-refractivity contribution in [3.63, 3.8) is 0 Å². The molecule has 6 nitrogen and oxygen atoms in total. The standard InChI is InChI=1S/C20H24N2O4/c1-26-17-6-5-16(18(23)19(17)24)20(25)22-9-7-14(8-10-22)15-4-2-3-13(11-15)12-21/h2-6,11,14,23-24H,7-10,12,21H2,1H3. The zero-order valence-corrected chi connectivity index (χ0v) is 14.8. The number of phenolic OH excluding ortho intramolecular Hbond substituents is 2. The molecule has 2 aromatic rings. The van der Waals surface area contributed by atoms with Crippen LogP contribution in [0.25, 0.3) is 0 Å². The number of hydrogen-bond donors (Lipinski definition) is 3. The zero-order valence-electron chi connectivity index (χ0n) is 14.8. The lowest BCUT2D eigenvalue weighted by atomic mass is 9.88. The maximum Gasteiger partial charge on any atom is 0.257 e. The monoisotopic (exact) mass is 356 g/mol. The van der Waals surface area contributed by atoms with Crippen molar-refractivity contribution in [2.75, 3.05) is 20.2 Å². The highest BCUT2D eigenvalue weighted by Gasteiger charge is 2.27. The number of amides is 1. The summed E-state index contributed by atoms with van der Waals surface area (Å²) in [5, 5.41) is 20.0. The first-order valence-electron chi connectivity index (χ1n) is 8.72. The van der Waals surface area contributed by atoms with Gasteiger partial charge in [-0.3, -0.25) is 4.79 Å². The molecular weight excluding hydrogens is 332 g/mol. The Labute approximate surface area is 152 Å². The summed E-state index contributed by atoms with van der Waals surface area (Å²) in [6.45, 7) is 1.72. The van der Waals surface area contributed by atoms with Gasteiger partial charge in [0, 0.05) is 19.6 Å². The third-order valence-electron chi connectivity index (χ3n) is 5.00. The van der Waals surface area contributed by atoms with Gasteiger partial charge in [0.2, 0.25) is 5.75 Å². The molecule has 0 aliphatic carbocycles. The van der Waals surface area contributed by atoms with E-state index in [1.165, 1.54) is 24.8 Å². The number of carbonyl (C=O) groups excluding carboxylic acids is 1. The number of benzene rings is 2. The quantitative estimate of drug-likeness (QED) is 0.732. The Kier molecular flexibility index (Phi) is 5.32. The molecule has 0 bridgehead atoms. The third-order valence-corrected chi connectivity index (χ3v) is 5.00. The zero-order chi connectivity index (χ0) is 18.7. The molecule has 6 heteroatoms. The summed E-state index contributed by atoms with van der Waals surface area (Å²) >= 11 is 0.